The van der Waals surface area contributed by atoms with E-state index >= 15 is 0 Å². The minimum atomic E-state index is -3.75. The molecule has 7 heteroatoms. The largest absolute Gasteiger partial charge is 0.472 e. The van der Waals surface area contributed by atoms with E-state index < -0.39 is 7.82 Å². The molecule has 1 aliphatic heterocycles. The molecule has 0 bridgehead atoms. The number of phosphoric acid groups is 1. The Hall–Kier alpha value is -0.550. The topological polar surface area (TPSA) is 62.2 Å². The molecule has 0 aromatic rings. The molecule has 0 fully saturated rings. The Balaban J connectivity index is 0.000000446. The molecule has 0 aromatic carbocycles. The highest BCUT2D eigenvalue weighted by Crippen LogP contribution is 2.43. The van der Waals surface area contributed by atoms with Gasteiger partial charge in [0, 0.05) is 25.5 Å². The minimum absolute atomic E-state index is 0.288. The lowest BCUT2D eigenvalue weighted by atomic mass is 10.3. The molecule has 6 nitrogen and oxygen atoms in total. The number of hydrogen-bond donors (Lipinski definition) is 1. The number of unbranched alkanes of at least 4 members (excludes halogenated alkanes) is 3. The first-order valence-corrected chi connectivity index (χ1v) is 10.8. The zero-order chi connectivity index (χ0) is 18.3. The summed E-state index contributed by atoms with van der Waals surface area (Å²) in [6.07, 6.45) is 10.4. The van der Waals surface area contributed by atoms with E-state index in [1.54, 1.807) is 0 Å². The average Bonchev–Trinajstić information content (AvgIpc) is 3.02. The summed E-state index contributed by atoms with van der Waals surface area (Å²) in [6.45, 7) is 12.4. The summed E-state index contributed by atoms with van der Waals surface area (Å²) >= 11 is 0. The van der Waals surface area contributed by atoms with Crippen molar-refractivity contribution in [1.82, 2.24) is 9.80 Å². The molecular formula is C17H37N2O4P. The summed E-state index contributed by atoms with van der Waals surface area (Å²) < 4.78 is 20.5. The second-order valence-electron chi connectivity index (χ2n) is 5.85. The van der Waals surface area contributed by atoms with E-state index in [1.165, 1.54) is 19.4 Å². The van der Waals surface area contributed by atoms with Crippen molar-refractivity contribution in [2.24, 2.45) is 0 Å². The quantitative estimate of drug-likeness (QED) is 0.404. The first-order valence-electron chi connectivity index (χ1n) is 9.27. The summed E-state index contributed by atoms with van der Waals surface area (Å²) in [5, 5.41) is 0. The Morgan fingerprint density at radius 1 is 0.917 bits per heavy atom. The summed E-state index contributed by atoms with van der Waals surface area (Å²) in [6, 6.07) is 0. The molecule has 0 radical (unpaired) electrons. The van der Waals surface area contributed by atoms with Crippen LogP contribution in [0.25, 0.3) is 0 Å². The van der Waals surface area contributed by atoms with Crippen molar-refractivity contribution in [2.75, 3.05) is 33.0 Å². The fraction of sp³-hybridized carbons (Fsp3) is 0.882. The van der Waals surface area contributed by atoms with E-state index in [1.807, 2.05) is 13.8 Å². The van der Waals surface area contributed by atoms with Gasteiger partial charge in [-0.15, -0.1) is 0 Å². The summed E-state index contributed by atoms with van der Waals surface area (Å²) in [5.41, 5.74) is 0. The lowest BCUT2D eigenvalue weighted by Gasteiger charge is -2.19. The maximum Gasteiger partial charge on any atom is 0.472 e. The lowest BCUT2D eigenvalue weighted by Crippen LogP contribution is -2.25. The van der Waals surface area contributed by atoms with E-state index in [-0.39, 0.29) is 13.2 Å². The standard InChI is InChI=1S/C9H18N2.C8H19O4P/c1-3-5-6-11-8-7-10(4-2)9-11;1-3-5-7-11-13(9,10)12-8-6-4-2/h7-8H,3-6,9H2,1-2H3;3-8H2,1-2H3,(H,9,10). The van der Waals surface area contributed by atoms with E-state index in [0.717, 1.165) is 38.9 Å². The fourth-order valence-electron chi connectivity index (χ4n) is 1.91. The minimum Gasteiger partial charge on any atom is -0.359 e. The molecule has 0 aromatic heterocycles. The van der Waals surface area contributed by atoms with Gasteiger partial charge in [-0.2, -0.15) is 0 Å². The van der Waals surface area contributed by atoms with Crippen molar-refractivity contribution < 1.29 is 18.5 Å². The van der Waals surface area contributed by atoms with Crippen LogP contribution in [0.4, 0.5) is 0 Å². The van der Waals surface area contributed by atoms with E-state index in [9.17, 15) is 4.57 Å². The van der Waals surface area contributed by atoms with E-state index in [2.05, 4.69) is 36.0 Å². The highest BCUT2D eigenvalue weighted by molar-refractivity contribution is 7.47. The van der Waals surface area contributed by atoms with Gasteiger partial charge in [0.25, 0.3) is 0 Å². The zero-order valence-corrected chi connectivity index (χ0v) is 16.8. The first kappa shape index (κ1) is 23.4. The van der Waals surface area contributed by atoms with Crippen LogP contribution in [0, 0.1) is 0 Å². The van der Waals surface area contributed by atoms with Crippen molar-refractivity contribution >= 4 is 7.82 Å². The second kappa shape index (κ2) is 14.8. The number of rotatable bonds is 12. The molecule has 1 N–H and O–H groups in total. The predicted molar refractivity (Wildman–Crippen MR) is 99.5 cm³/mol. The molecule has 0 atom stereocenters. The van der Waals surface area contributed by atoms with E-state index in [0.29, 0.717) is 0 Å². The summed E-state index contributed by atoms with van der Waals surface area (Å²) in [5.74, 6) is 0. The molecule has 0 amide bonds. The van der Waals surface area contributed by atoms with Crippen LogP contribution in [-0.4, -0.2) is 47.7 Å². The summed E-state index contributed by atoms with van der Waals surface area (Å²) in [7, 11) is -3.75. The highest BCUT2D eigenvalue weighted by atomic mass is 31.2. The molecule has 1 heterocycles. The van der Waals surface area contributed by atoms with Gasteiger partial charge < -0.3 is 14.7 Å². The Morgan fingerprint density at radius 3 is 1.83 bits per heavy atom. The van der Waals surface area contributed by atoms with Crippen LogP contribution in [0.5, 0.6) is 0 Å². The van der Waals surface area contributed by atoms with Crippen molar-refractivity contribution in [3.05, 3.63) is 12.4 Å². The van der Waals surface area contributed by atoms with Crippen LogP contribution < -0.4 is 0 Å². The van der Waals surface area contributed by atoms with Crippen LogP contribution in [0.15, 0.2) is 12.4 Å². The van der Waals surface area contributed by atoms with Crippen molar-refractivity contribution in [3.8, 4) is 0 Å². The summed E-state index contributed by atoms with van der Waals surface area (Å²) in [4.78, 5) is 13.8. The van der Waals surface area contributed by atoms with Gasteiger partial charge in [0.15, 0.2) is 0 Å². The third kappa shape index (κ3) is 12.8. The number of hydrogen-bond acceptors (Lipinski definition) is 5. The average molecular weight is 364 g/mol. The predicted octanol–water partition coefficient (Wildman–Crippen LogP) is 4.57. The molecule has 24 heavy (non-hydrogen) atoms. The SMILES string of the molecule is CCCCN1C=CN(CC)C1.CCCCOP(=O)(O)OCCCC. The molecule has 1 rings (SSSR count). The van der Waals surface area contributed by atoms with Gasteiger partial charge in [-0.05, 0) is 26.2 Å². The number of nitrogens with zero attached hydrogens (tertiary/aromatic N) is 2. The third-order valence-corrected chi connectivity index (χ3v) is 4.58. The molecule has 144 valence electrons. The van der Waals surface area contributed by atoms with Gasteiger partial charge >= 0.3 is 7.82 Å². The van der Waals surface area contributed by atoms with Crippen LogP contribution in [0.1, 0.15) is 66.2 Å². The van der Waals surface area contributed by atoms with Gasteiger partial charge in [-0.1, -0.05) is 40.0 Å². The van der Waals surface area contributed by atoms with Crippen molar-refractivity contribution in [2.45, 2.75) is 66.2 Å². The van der Waals surface area contributed by atoms with Gasteiger partial charge in [0.2, 0.25) is 0 Å². The molecule has 1 aliphatic rings. The Bertz CT molecular complexity index is 352. The van der Waals surface area contributed by atoms with Gasteiger partial charge in [0.05, 0.1) is 19.9 Å². The molecular weight excluding hydrogens is 327 g/mol. The fourth-order valence-corrected chi connectivity index (χ4v) is 2.71. The molecule has 0 aliphatic carbocycles. The Morgan fingerprint density at radius 2 is 1.42 bits per heavy atom. The van der Waals surface area contributed by atoms with Gasteiger partial charge in [-0.25, -0.2) is 4.57 Å². The second-order valence-corrected chi connectivity index (χ2v) is 7.31. The molecule has 0 unspecified atom stereocenters. The van der Waals surface area contributed by atoms with Crippen molar-refractivity contribution in [1.29, 1.82) is 0 Å². The third-order valence-electron chi connectivity index (χ3n) is 3.56. The smallest absolute Gasteiger partial charge is 0.359 e. The van der Waals surface area contributed by atoms with Crippen LogP contribution in [-0.2, 0) is 13.6 Å². The Labute approximate surface area is 148 Å². The first-order chi connectivity index (χ1) is 11.5. The molecule has 0 spiro atoms. The lowest BCUT2D eigenvalue weighted by molar-refractivity contribution is 0.146. The number of phosphoric ester groups is 1. The molecule has 0 saturated carbocycles. The van der Waals surface area contributed by atoms with Crippen molar-refractivity contribution in [3.63, 3.8) is 0 Å². The molecule has 0 saturated heterocycles. The highest BCUT2D eigenvalue weighted by Gasteiger charge is 2.19. The van der Waals surface area contributed by atoms with Crippen LogP contribution in [0.3, 0.4) is 0 Å². The van der Waals surface area contributed by atoms with Crippen LogP contribution >= 0.6 is 7.82 Å². The normalized spacial score (nSPS) is 14.0. The van der Waals surface area contributed by atoms with Crippen LogP contribution in [0.2, 0.25) is 0 Å². The van der Waals surface area contributed by atoms with Gasteiger partial charge in [0.1, 0.15) is 0 Å². The monoisotopic (exact) mass is 364 g/mol. The van der Waals surface area contributed by atoms with E-state index in [4.69, 9.17) is 13.9 Å². The Kier molecular flexibility index (Phi) is 14.4. The van der Waals surface area contributed by atoms with Gasteiger partial charge in [-0.3, -0.25) is 9.05 Å². The maximum absolute atomic E-state index is 11.1. The maximum atomic E-state index is 11.1. The zero-order valence-electron chi connectivity index (χ0n) is 15.9.